The number of carbonyl (C=O) groups excluding carboxylic acids is 1. The van der Waals surface area contributed by atoms with Gasteiger partial charge in [-0.2, -0.15) is 0 Å². The van der Waals surface area contributed by atoms with E-state index in [4.69, 9.17) is 15.2 Å². The summed E-state index contributed by atoms with van der Waals surface area (Å²) in [5.74, 6) is 0.244. The first-order valence-corrected chi connectivity index (χ1v) is 6.75. The zero-order valence-electron chi connectivity index (χ0n) is 12.7. The molecule has 0 atom stereocenters. The van der Waals surface area contributed by atoms with Gasteiger partial charge >= 0.3 is 5.97 Å². The number of benzene rings is 2. The van der Waals surface area contributed by atoms with Gasteiger partial charge in [0.2, 0.25) is 0 Å². The van der Waals surface area contributed by atoms with E-state index in [1.165, 1.54) is 12.7 Å². The number of carbonyl (C=O) groups is 1. The average molecular weight is 322 g/mol. The largest absolute Gasteiger partial charge is 0.497 e. The minimum absolute atomic E-state index is 0. The molecule has 2 N–H and O–H groups in total. The standard InChI is InChI=1S/C17H19NO3.ClH/c1-20-14-7-8-15(16(11-14)17(19)21-2)13-5-3-12(4-6-13)9-10-18;/h3-8,11H,9-10,18H2,1-2H3;1H. The topological polar surface area (TPSA) is 61.5 Å². The van der Waals surface area contributed by atoms with Crippen LogP contribution in [-0.4, -0.2) is 26.7 Å². The van der Waals surface area contributed by atoms with E-state index in [0.717, 1.165) is 17.5 Å². The van der Waals surface area contributed by atoms with Gasteiger partial charge in [0, 0.05) is 0 Å². The van der Waals surface area contributed by atoms with Gasteiger partial charge in [-0.15, -0.1) is 12.4 Å². The molecule has 0 radical (unpaired) electrons. The molecule has 0 fully saturated rings. The molecule has 0 aliphatic heterocycles. The normalized spacial score (nSPS) is 9.77. The van der Waals surface area contributed by atoms with Crippen LogP contribution >= 0.6 is 12.4 Å². The van der Waals surface area contributed by atoms with Crippen LogP contribution in [0.5, 0.6) is 5.75 Å². The highest BCUT2D eigenvalue weighted by atomic mass is 35.5. The Kier molecular flexibility index (Phi) is 6.89. The van der Waals surface area contributed by atoms with Crippen molar-refractivity contribution in [2.75, 3.05) is 20.8 Å². The molecule has 0 spiro atoms. The van der Waals surface area contributed by atoms with Crippen LogP contribution in [0, 0.1) is 0 Å². The van der Waals surface area contributed by atoms with Crippen LogP contribution in [0.4, 0.5) is 0 Å². The molecule has 0 unspecified atom stereocenters. The lowest BCUT2D eigenvalue weighted by atomic mass is 9.98. The second-order valence-electron chi connectivity index (χ2n) is 4.64. The minimum atomic E-state index is -0.380. The Morgan fingerprint density at radius 1 is 1.09 bits per heavy atom. The minimum Gasteiger partial charge on any atom is -0.497 e. The van der Waals surface area contributed by atoms with E-state index >= 15 is 0 Å². The van der Waals surface area contributed by atoms with Crippen molar-refractivity contribution in [3.8, 4) is 16.9 Å². The van der Waals surface area contributed by atoms with Crippen LogP contribution in [0.1, 0.15) is 15.9 Å². The first kappa shape index (κ1) is 18.0. The molecule has 118 valence electrons. The van der Waals surface area contributed by atoms with E-state index in [-0.39, 0.29) is 18.4 Å². The summed E-state index contributed by atoms with van der Waals surface area (Å²) in [6.45, 7) is 0.620. The molecule has 0 heterocycles. The Hall–Kier alpha value is -2.04. The van der Waals surface area contributed by atoms with Gasteiger partial charge in [-0.1, -0.05) is 24.3 Å². The molecule has 2 aromatic carbocycles. The SMILES string of the molecule is COC(=O)c1cc(OC)ccc1-c1ccc(CCN)cc1.Cl. The van der Waals surface area contributed by atoms with Gasteiger partial charge in [0.25, 0.3) is 0 Å². The molecule has 0 aliphatic rings. The van der Waals surface area contributed by atoms with Crippen molar-refractivity contribution < 1.29 is 14.3 Å². The van der Waals surface area contributed by atoms with Crippen molar-refractivity contribution in [2.45, 2.75) is 6.42 Å². The number of halogens is 1. The van der Waals surface area contributed by atoms with Crippen LogP contribution in [0.3, 0.4) is 0 Å². The number of methoxy groups -OCH3 is 2. The number of rotatable bonds is 5. The summed E-state index contributed by atoms with van der Waals surface area (Å²) < 4.78 is 10.0. The summed E-state index contributed by atoms with van der Waals surface area (Å²) in [4.78, 5) is 12.0. The predicted molar refractivity (Wildman–Crippen MR) is 89.8 cm³/mol. The van der Waals surface area contributed by atoms with E-state index in [2.05, 4.69) is 0 Å². The number of hydrogen-bond donors (Lipinski definition) is 1. The summed E-state index contributed by atoms with van der Waals surface area (Å²) in [7, 11) is 2.94. The number of ether oxygens (including phenoxy) is 2. The fourth-order valence-electron chi connectivity index (χ4n) is 2.20. The van der Waals surface area contributed by atoms with Crippen LogP contribution < -0.4 is 10.5 Å². The van der Waals surface area contributed by atoms with E-state index < -0.39 is 0 Å². The first-order chi connectivity index (χ1) is 10.2. The number of nitrogens with two attached hydrogens (primary N) is 1. The van der Waals surface area contributed by atoms with Crippen LogP contribution in [0.25, 0.3) is 11.1 Å². The first-order valence-electron chi connectivity index (χ1n) is 6.75. The Morgan fingerprint density at radius 2 is 1.77 bits per heavy atom. The molecule has 0 saturated heterocycles. The number of esters is 1. The Labute approximate surface area is 136 Å². The fourth-order valence-corrected chi connectivity index (χ4v) is 2.20. The monoisotopic (exact) mass is 321 g/mol. The zero-order valence-corrected chi connectivity index (χ0v) is 13.5. The molecular formula is C17H20ClNO3. The molecule has 2 aromatic rings. The van der Waals surface area contributed by atoms with Gasteiger partial charge in [-0.3, -0.25) is 0 Å². The Morgan fingerprint density at radius 3 is 2.32 bits per heavy atom. The molecule has 0 amide bonds. The van der Waals surface area contributed by atoms with Crippen LogP contribution in [-0.2, 0) is 11.2 Å². The van der Waals surface area contributed by atoms with Crippen molar-refractivity contribution >= 4 is 18.4 Å². The highest BCUT2D eigenvalue weighted by Gasteiger charge is 2.14. The third-order valence-corrected chi connectivity index (χ3v) is 3.33. The fraction of sp³-hybridized carbons (Fsp3) is 0.235. The van der Waals surface area contributed by atoms with Gasteiger partial charge < -0.3 is 15.2 Å². The smallest absolute Gasteiger partial charge is 0.338 e. The van der Waals surface area contributed by atoms with Crippen LogP contribution in [0.2, 0.25) is 0 Å². The molecule has 2 rings (SSSR count). The lowest BCUT2D eigenvalue weighted by molar-refractivity contribution is 0.0601. The van der Waals surface area contributed by atoms with Gasteiger partial charge in [0.15, 0.2) is 0 Å². The average Bonchev–Trinajstić information content (AvgIpc) is 2.54. The highest BCUT2D eigenvalue weighted by Crippen LogP contribution is 2.28. The quantitative estimate of drug-likeness (QED) is 0.860. The van der Waals surface area contributed by atoms with Crippen molar-refractivity contribution in [1.82, 2.24) is 0 Å². The van der Waals surface area contributed by atoms with E-state index in [9.17, 15) is 4.79 Å². The van der Waals surface area contributed by atoms with Crippen molar-refractivity contribution in [1.29, 1.82) is 0 Å². The second kappa shape index (κ2) is 8.41. The number of hydrogen-bond acceptors (Lipinski definition) is 4. The van der Waals surface area contributed by atoms with Gasteiger partial charge in [-0.25, -0.2) is 4.79 Å². The lowest BCUT2D eigenvalue weighted by Gasteiger charge is -2.11. The van der Waals surface area contributed by atoms with Crippen molar-refractivity contribution in [2.24, 2.45) is 5.73 Å². The molecular weight excluding hydrogens is 302 g/mol. The zero-order chi connectivity index (χ0) is 15.2. The maximum Gasteiger partial charge on any atom is 0.338 e. The lowest BCUT2D eigenvalue weighted by Crippen LogP contribution is -2.04. The third kappa shape index (κ3) is 4.00. The summed E-state index contributed by atoms with van der Waals surface area (Å²) in [5, 5.41) is 0. The summed E-state index contributed by atoms with van der Waals surface area (Å²) >= 11 is 0. The Bertz CT molecular complexity index is 626. The highest BCUT2D eigenvalue weighted by molar-refractivity contribution is 5.97. The van der Waals surface area contributed by atoms with Gasteiger partial charge in [0.05, 0.1) is 19.8 Å². The molecule has 5 heteroatoms. The molecule has 0 saturated carbocycles. The summed E-state index contributed by atoms with van der Waals surface area (Å²) in [5.41, 5.74) is 8.99. The van der Waals surface area contributed by atoms with E-state index in [0.29, 0.717) is 17.9 Å². The van der Waals surface area contributed by atoms with Crippen LogP contribution in [0.15, 0.2) is 42.5 Å². The molecule has 0 aromatic heterocycles. The maximum atomic E-state index is 12.0. The molecule has 0 bridgehead atoms. The Balaban J connectivity index is 0.00000242. The van der Waals surface area contributed by atoms with E-state index in [1.54, 1.807) is 13.2 Å². The van der Waals surface area contributed by atoms with Crippen molar-refractivity contribution in [3.05, 3.63) is 53.6 Å². The van der Waals surface area contributed by atoms with E-state index in [1.807, 2.05) is 36.4 Å². The molecule has 0 aliphatic carbocycles. The summed E-state index contributed by atoms with van der Waals surface area (Å²) in [6.07, 6.45) is 0.840. The summed E-state index contributed by atoms with van der Waals surface area (Å²) in [6, 6.07) is 13.4. The predicted octanol–water partition coefficient (Wildman–Crippen LogP) is 3.07. The molecule has 4 nitrogen and oxygen atoms in total. The van der Waals surface area contributed by atoms with Gasteiger partial charge in [-0.05, 0) is 47.9 Å². The second-order valence-corrected chi connectivity index (χ2v) is 4.64. The molecule has 22 heavy (non-hydrogen) atoms. The van der Waals surface area contributed by atoms with Gasteiger partial charge in [0.1, 0.15) is 5.75 Å². The van der Waals surface area contributed by atoms with Crippen molar-refractivity contribution in [3.63, 3.8) is 0 Å². The maximum absolute atomic E-state index is 12.0. The third-order valence-electron chi connectivity index (χ3n) is 3.33.